The number of carbonyl (C=O) groups excluding carboxylic acids is 2. The number of carbonyl (C=O) groups is 2. The maximum Gasteiger partial charge on any atom is 0.410 e. The highest BCUT2D eigenvalue weighted by molar-refractivity contribution is 6.33. The molecule has 234 valence electrons. The van der Waals surface area contributed by atoms with E-state index < -0.39 is 0 Å². The van der Waals surface area contributed by atoms with Crippen molar-refractivity contribution in [2.75, 3.05) is 11.9 Å². The Hall–Kier alpha value is -4.24. The second kappa shape index (κ2) is 14.2. The standard InChI is InChI=1S/C35H39ClN6O3/c1-41-32(19-25-9-10-25)30(20-38-41)33-31(36)21-37-34(40-33)39-28-13-15-29(16-14-28)42(18-17-24-7-11-26(22-43)12-8-24)35(44)45-23-27-5-3-2-4-6-27/h2-8,11-12,20-22,25,28-29H,9-10,13-19,23H2,1H3,(H,37,39,40). The van der Waals surface area contributed by atoms with Gasteiger partial charge >= 0.3 is 6.09 Å². The highest BCUT2D eigenvalue weighted by Crippen LogP contribution is 2.37. The summed E-state index contributed by atoms with van der Waals surface area (Å²) in [6, 6.07) is 17.5. The van der Waals surface area contributed by atoms with Gasteiger partial charge in [0.2, 0.25) is 5.95 Å². The number of nitrogens with zero attached hydrogens (tertiary/aromatic N) is 5. The number of halogens is 1. The van der Waals surface area contributed by atoms with E-state index in [2.05, 4.69) is 15.4 Å². The summed E-state index contributed by atoms with van der Waals surface area (Å²) < 4.78 is 7.71. The third-order valence-corrected chi connectivity index (χ3v) is 9.18. The second-order valence-electron chi connectivity index (χ2n) is 12.2. The van der Waals surface area contributed by atoms with Crippen molar-refractivity contribution in [1.82, 2.24) is 24.6 Å². The Morgan fingerprint density at radius 2 is 1.78 bits per heavy atom. The lowest BCUT2D eigenvalue weighted by Crippen LogP contribution is -2.45. The lowest BCUT2D eigenvalue weighted by molar-refractivity contribution is 0.0714. The van der Waals surface area contributed by atoms with Crippen molar-refractivity contribution >= 4 is 29.9 Å². The topological polar surface area (TPSA) is 102 Å². The Bertz CT molecular complexity index is 1600. The van der Waals surface area contributed by atoms with Gasteiger partial charge in [0.05, 0.1) is 23.1 Å². The quantitative estimate of drug-likeness (QED) is 0.171. The van der Waals surface area contributed by atoms with E-state index in [4.69, 9.17) is 21.3 Å². The number of aromatic nitrogens is 4. The maximum atomic E-state index is 13.4. The van der Waals surface area contributed by atoms with Crippen molar-refractivity contribution in [3.8, 4) is 11.3 Å². The van der Waals surface area contributed by atoms with Crippen LogP contribution in [0.3, 0.4) is 0 Å². The molecule has 10 heteroatoms. The third kappa shape index (κ3) is 7.89. The van der Waals surface area contributed by atoms with Crippen molar-refractivity contribution in [1.29, 1.82) is 0 Å². The summed E-state index contributed by atoms with van der Waals surface area (Å²) in [7, 11) is 1.97. The van der Waals surface area contributed by atoms with Gasteiger partial charge in [-0.3, -0.25) is 9.48 Å². The number of aryl methyl sites for hydroxylation is 1. The molecule has 2 aliphatic rings. The van der Waals surface area contributed by atoms with E-state index in [1.54, 1.807) is 6.20 Å². The van der Waals surface area contributed by atoms with Gasteiger partial charge < -0.3 is 15.0 Å². The lowest BCUT2D eigenvalue weighted by Gasteiger charge is -2.36. The zero-order chi connectivity index (χ0) is 31.2. The summed E-state index contributed by atoms with van der Waals surface area (Å²) in [6.45, 7) is 0.769. The zero-order valence-corrected chi connectivity index (χ0v) is 26.3. The fraction of sp³-hybridized carbons (Fsp3) is 0.400. The van der Waals surface area contributed by atoms with Crippen LogP contribution in [0.25, 0.3) is 11.3 Å². The van der Waals surface area contributed by atoms with Crippen molar-refractivity contribution in [3.63, 3.8) is 0 Å². The molecular weight excluding hydrogens is 588 g/mol. The molecule has 2 saturated carbocycles. The smallest absolute Gasteiger partial charge is 0.410 e. The monoisotopic (exact) mass is 626 g/mol. The molecule has 6 rings (SSSR count). The minimum atomic E-state index is -0.302. The summed E-state index contributed by atoms with van der Waals surface area (Å²) in [5, 5.41) is 8.54. The Morgan fingerprint density at radius 3 is 2.49 bits per heavy atom. The molecule has 2 heterocycles. The molecule has 9 nitrogen and oxygen atoms in total. The van der Waals surface area contributed by atoms with Gasteiger partial charge in [-0.1, -0.05) is 66.2 Å². The van der Waals surface area contributed by atoms with E-state index in [0.29, 0.717) is 41.1 Å². The van der Waals surface area contributed by atoms with E-state index >= 15 is 0 Å². The van der Waals surface area contributed by atoms with Crippen LogP contribution in [0.4, 0.5) is 10.7 Å². The number of benzene rings is 2. The van der Waals surface area contributed by atoms with Gasteiger partial charge in [0, 0.05) is 42.5 Å². The third-order valence-electron chi connectivity index (χ3n) is 8.91. The van der Waals surface area contributed by atoms with Crippen LogP contribution in [0.1, 0.15) is 65.7 Å². The Morgan fingerprint density at radius 1 is 1.02 bits per heavy atom. The normalized spacial score (nSPS) is 17.9. The van der Waals surface area contributed by atoms with Gasteiger partial charge in [-0.15, -0.1) is 0 Å². The number of aldehydes is 1. The first-order chi connectivity index (χ1) is 22.0. The number of ether oxygens (including phenoxy) is 1. The largest absolute Gasteiger partial charge is 0.445 e. The Labute approximate surface area is 269 Å². The van der Waals surface area contributed by atoms with Crippen LogP contribution in [0.15, 0.2) is 67.0 Å². The summed E-state index contributed by atoms with van der Waals surface area (Å²) in [5.74, 6) is 1.27. The molecule has 0 saturated heterocycles. The molecule has 0 bridgehead atoms. The van der Waals surface area contributed by atoms with Crippen molar-refractivity contribution < 1.29 is 14.3 Å². The number of anilines is 1. The summed E-state index contributed by atoms with van der Waals surface area (Å²) >= 11 is 6.59. The van der Waals surface area contributed by atoms with Crippen molar-refractivity contribution in [2.24, 2.45) is 13.0 Å². The average Bonchev–Trinajstić information content (AvgIpc) is 3.83. The molecule has 2 aliphatic carbocycles. The van der Waals surface area contributed by atoms with Gasteiger partial charge in [-0.2, -0.15) is 5.10 Å². The fourth-order valence-corrected chi connectivity index (χ4v) is 6.27. The highest BCUT2D eigenvalue weighted by atomic mass is 35.5. The van der Waals surface area contributed by atoms with Gasteiger partial charge in [-0.25, -0.2) is 14.8 Å². The van der Waals surface area contributed by atoms with E-state index in [9.17, 15) is 9.59 Å². The van der Waals surface area contributed by atoms with E-state index in [0.717, 1.165) is 60.8 Å². The first kappa shape index (κ1) is 30.8. The van der Waals surface area contributed by atoms with Crippen LogP contribution < -0.4 is 5.32 Å². The van der Waals surface area contributed by atoms with E-state index in [-0.39, 0.29) is 24.8 Å². The van der Waals surface area contributed by atoms with E-state index in [1.165, 1.54) is 12.8 Å². The number of hydrogen-bond acceptors (Lipinski definition) is 7. The molecule has 0 atom stereocenters. The van der Waals surface area contributed by atoms with Crippen LogP contribution in [-0.2, 0) is 31.2 Å². The maximum absolute atomic E-state index is 13.4. The molecular formula is C35H39ClN6O3. The van der Waals surface area contributed by atoms with Gasteiger partial charge in [-0.05, 0) is 68.4 Å². The SMILES string of the molecule is Cn1ncc(-c2nc(NC3CCC(N(CCc4ccc(C=O)cc4)C(=O)OCc4ccccc4)CC3)ncc2Cl)c1CC1CC1. The average molecular weight is 627 g/mol. The van der Waals surface area contributed by atoms with Crippen molar-refractivity contribution in [3.05, 3.63) is 94.4 Å². The predicted molar refractivity (Wildman–Crippen MR) is 174 cm³/mol. The molecule has 1 amide bonds. The predicted octanol–water partition coefficient (Wildman–Crippen LogP) is 6.90. The second-order valence-corrected chi connectivity index (χ2v) is 12.6. The number of hydrogen-bond donors (Lipinski definition) is 1. The van der Waals surface area contributed by atoms with E-state index in [1.807, 2.05) is 77.4 Å². The van der Waals surface area contributed by atoms with Crippen LogP contribution in [0.5, 0.6) is 0 Å². The zero-order valence-electron chi connectivity index (χ0n) is 25.6. The molecule has 0 unspecified atom stereocenters. The molecule has 2 aromatic carbocycles. The van der Waals surface area contributed by atoms with Crippen LogP contribution in [0.2, 0.25) is 5.02 Å². The first-order valence-corrected chi connectivity index (χ1v) is 16.2. The summed E-state index contributed by atoms with van der Waals surface area (Å²) in [5.41, 5.74) is 5.50. The van der Waals surface area contributed by atoms with Crippen LogP contribution in [0, 0.1) is 5.92 Å². The fourth-order valence-electron chi connectivity index (χ4n) is 6.08. The highest BCUT2D eigenvalue weighted by Gasteiger charge is 2.31. The molecule has 2 aromatic heterocycles. The Balaban J connectivity index is 1.10. The molecule has 1 N–H and O–H groups in total. The molecule has 45 heavy (non-hydrogen) atoms. The number of rotatable bonds is 12. The minimum absolute atomic E-state index is 0.0580. The Kier molecular flexibility index (Phi) is 9.74. The summed E-state index contributed by atoms with van der Waals surface area (Å²) in [6.07, 6.45) is 11.6. The van der Waals surface area contributed by atoms with Crippen LogP contribution >= 0.6 is 11.6 Å². The molecule has 2 fully saturated rings. The van der Waals surface area contributed by atoms with Crippen molar-refractivity contribution in [2.45, 2.75) is 70.1 Å². The molecule has 0 radical (unpaired) electrons. The van der Waals surface area contributed by atoms with Gasteiger partial charge in [0.25, 0.3) is 0 Å². The number of amides is 1. The molecule has 0 spiro atoms. The number of nitrogens with one attached hydrogen (secondary N) is 1. The minimum Gasteiger partial charge on any atom is -0.445 e. The summed E-state index contributed by atoms with van der Waals surface area (Å²) in [4.78, 5) is 35.7. The molecule has 0 aliphatic heterocycles. The first-order valence-electron chi connectivity index (χ1n) is 15.8. The molecule has 4 aromatic rings. The van der Waals surface area contributed by atoms with Gasteiger partial charge in [0.15, 0.2) is 0 Å². The van der Waals surface area contributed by atoms with Crippen LogP contribution in [-0.4, -0.2) is 55.7 Å². The van der Waals surface area contributed by atoms with Gasteiger partial charge in [0.1, 0.15) is 12.9 Å². The lowest BCUT2D eigenvalue weighted by atomic mass is 9.90.